The van der Waals surface area contributed by atoms with Crippen LogP contribution >= 0.6 is 0 Å². The van der Waals surface area contributed by atoms with Crippen molar-refractivity contribution in [1.82, 2.24) is 10.2 Å². The minimum absolute atomic E-state index is 0.0130. The number of nitro benzene ring substituents is 1. The molecule has 0 saturated heterocycles. The van der Waals surface area contributed by atoms with Crippen molar-refractivity contribution in [1.29, 1.82) is 0 Å². The number of ketones is 1. The molecule has 0 unspecified atom stereocenters. The topological polar surface area (TPSA) is 109 Å². The predicted octanol–water partition coefficient (Wildman–Crippen LogP) is 3.68. The number of nitro groups is 1. The molecule has 0 aliphatic heterocycles. The van der Waals surface area contributed by atoms with Crippen LogP contribution in [0.25, 0.3) is 17.3 Å². The number of rotatable bonds is 6. The highest BCUT2D eigenvalue weighted by Gasteiger charge is 2.12. The summed E-state index contributed by atoms with van der Waals surface area (Å²) in [6.45, 7) is 1.58. The number of H-pyrrole nitrogens is 1. The second-order valence-electron chi connectivity index (χ2n) is 6.02. The number of nitrogens with one attached hydrogen (secondary N) is 1. The fraction of sp³-hybridized carbons (Fsp3) is 0.100. The Kier molecular flexibility index (Phi) is 5.23. The summed E-state index contributed by atoms with van der Waals surface area (Å²) in [7, 11) is 0. The number of hydrogen-bond donors (Lipinski definition) is 2. The number of aliphatic hydroxyl groups excluding tert-OH is 1. The number of aromatic nitrogens is 2. The third-order valence-corrected chi connectivity index (χ3v) is 4.12. The van der Waals surface area contributed by atoms with Gasteiger partial charge in [-0.3, -0.25) is 20.0 Å². The number of carbonyl (C=O) groups is 1. The van der Waals surface area contributed by atoms with Crippen molar-refractivity contribution in [3.8, 4) is 11.3 Å². The molecule has 7 nitrogen and oxygen atoms in total. The molecule has 0 bridgehead atoms. The zero-order valence-electron chi connectivity index (χ0n) is 14.5. The van der Waals surface area contributed by atoms with Gasteiger partial charge < -0.3 is 5.11 Å². The van der Waals surface area contributed by atoms with Gasteiger partial charge in [-0.15, -0.1) is 0 Å². The number of carbonyl (C=O) groups excluding carboxylic acids is 1. The van der Waals surface area contributed by atoms with Crippen LogP contribution in [0.1, 0.15) is 27.2 Å². The highest BCUT2D eigenvalue weighted by molar-refractivity contribution is 6.07. The van der Waals surface area contributed by atoms with Crippen LogP contribution in [0.2, 0.25) is 0 Å². The lowest BCUT2D eigenvalue weighted by atomic mass is 10.1. The summed E-state index contributed by atoms with van der Waals surface area (Å²) in [4.78, 5) is 22.7. The van der Waals surface area contributed by atoms with Crippen LogP contribution in [0, 0.1) is 17.0 Å². The van der Waals surface area contributed by atoms with Crippen molar-refractivity contribution < 1.29 is 14.8 Å². The van der Waals surface area contributed by atoms with E-state index in [1.54, 1.807) is 19.1 Å². The van der Waals surface area contributed by atoms with Crippen LogP contribution in [-0.2, 0) is 6.61 Å². The van der Waals surface area contributed by atoms with E-state index in [1.807, 2.05) is 24.3 Å². The molecule has 136 valence electrons. The Morgan fingerprint density at radius 2 is 1.96 bits per heavy atom. The molecule has 7 heteroatoms. The van der Waals surface area contributed by atoms with Gasteiger partial charge in [-0.1, -0.05) is 24.3 Å². The quantitative estimate of drug-likeness (QED) is 0.300. The van der Waals surface area contributed by atoms with Gasteiger partial charge in [0, 0.05) is 22.8 Å². The van der Waals surface area contributed by atoms with Crippen LogP contribution in [0.3, 0.4) is 0 Å². The van der Waals surface area contributed by atoms with Crippen molar-refractivity contribution in [3.63, 3.8) is 0 Å². The average Bonchev–Trinajstić information content (AvgIpc) is 3.14. The Balaban J connectivity index is 1.74. The van der Waals surface area contributed by atoms with Gasteiger partial charge in [-0.05, 0) is 42.8 Å². The molecule has 2 aromatic carbocycles. The minimum atomic E-state index is -0.474. The number of aromatic amines is 1. The molecule has 0 saturated carbocycles. The van der Waals surface area contributed by atoms with Gasteiger partial charge in [-0.25, -0.2) is 0 Å². The van der Waals surface area contributed by atoms with Gasteiger partial charge in [0.1, 0.15) is 0 Å². The summed E-state index contributed by atoms with van der Waals surface area (Å²) in [6, 6.07) is 13.4. The molecule has 27 heavy (non-hydrogen) atoms. The van der Waals surface area contributed by atoms with Gasteiger partial charge >= 0.3 is 0 Å². The van der Waals surface area contributed by atoms with E-state index < -0.39 is 4.92 Å². The smallest absolute Gasteiger partial charge is 0.272 e. The summed E-state index contributed by atoms with van der Waals surface area (Å²) in [5, 5.41) is 27.0. The zero-order valence-corrected chi connectivity index (χ0v) is 14.5. The first-order chi connectivity index (χ1) is 13.0. The molecule has 0 amide bonds. The molecule has 3 aromatic rings. The largest absolute Gasteiger partial charge is 0.392 e. The maximum atomic E-state index is 12.3. The fourth-order valence-corrected chi connectivity index (χ4v) is 2.63. The van der Waals surface area contributed by atoms with Gasteiger partial charge in [0.15, 0.2) is 5.78 Å². The van der Waals surface area contributed by atoms with Crippen molar-refractivity contribution in [2.75, 3.05) is 0 Å². The molecule has 0 aliphatic rings. The van der Waals surface area contributed by atoms with Crippen LogP contribution in [-0.4, -0.2) is 26.0 Å². The number of aliphatic hydroxyl groups is 1. The van der Waals surface area contributed by atoms with E-state index in [1.165, 1.54) is 24.3 Å². The minimum Gasteiger partial charge on any atom is -0.392 e. The molecule has 0 radical (unpaired) electrons. The number of nitrogens with zero attached hydrogens (tertiary/aromatic N) is 2. The van der Waals surface area contributed by atoms with Crippen molar-refractivity contribution in [2.24, 2.45) is 0 Å². The Bertz CT molecular complexity index is 1020. The number of hydrogen-bond acceptors (Lipinski definition) is 5. The van der Waals surface area contributed by atoms with Crippen molar-refractivity contribution in [3.05, 3.63) is 87.1 Å². The SMILES string of the molecule is Cc1cc(C(=O)/C=C/c2cc(-c3ccc(CO)cc3)n[nH]2)ccc1[N+](=O)[O-]. The first-order valence-corrected chi connectivity index (χ1v) is 8.21. The Morgan fingerprint density at radius 3 is 2.59 bits per heavy atom. The molecule has 1 heterocycles. The first kappa shape index (κ1) is 18.2. The van der Waals surface area contributed by atoms with Crippen LogP contribution in [0.4, 0.5) is 5.69 Å². The molecule has 2 N–H and O–H groups in total. The lowest BCUT2D eigenvalue weighted by Crippen LogP contribution is -1.98. The molecule has 0 aliphatic carbocycles. The van der Waals surface area contributed by atoms with Crippen LogP contribution < -0.4 is 0 Å². The van der Waals surface area contributed by atoms with Gasteiger partial charge in [-0.2, -0.15) is 5.10 Å². The third-order valence-electron chi connectivity index (χ3n) is 4.12. The normalized spacial score (nSPS) is 11.0. The average molecular weight is 363 g/mol. The zero-order chi connectivity index (χ0) is 19.4. The highest BCUT2D eigenvalue weighted by atomic mass is 16.6. The van der Waals surface area contributed by atoms with E-state index in [-0.39, 0.29) is 18.1 Å². The lowest BCUT2D eigenvalue weighted by Gasteiger charge is -1.99. The molecule has 1 aromatic heterocycles. The van der Waals surface area contributed by atoms with Crippen molar-refractivity contribution in [2.45, 2.75) is 13.5 Å². The summed E-state index contributed by atoms with van der Waals surface area (Å²) in [5.74, 6) is -0.253. The van der Waals surface area contributed by atoms with E-state index >= 15 is 0 Å². The van der Waals surface area contributed by atoms with Gasteiger partial charge in [0.25, 0.3) is 5.69 Å². The maximum absolute atomic E-state index is 12.3. The lowest BCUT2D eigenvalue weighted by molar-refractivity contribution is -0.385. The Morgan fingerprint density at radius 1 is 1.22 bits per heavy atom. The number of aryl methyl sites for hydroxylation is 1. The summed E-state index contributed by atoms with van der Waals surface area (Å²) in [5.41, 5.74) is 3.89. The van der Waals surface area contributed by atoms with Crippen LogP contribution in [0.15, 0.2) is 54.6 Å². The summed E-state index contributed by atoms with van der Waals surface area (Å²) < 4.78 is 0. The third kappa shape index (κ3) is 4.16. The van der Waals surface area contributed by atoms with Crippen LogP contribution in [0.5, 0.6) is 0 Å². The Hall–Kier alpha value is -3.58. The van der Waals surface area contributed by atoms with Gasteiger partial charge in [0.05, 0.1) is 22.9 Å². The molecule has 0 spiro atoms. The molecule has 3 rings (SSSR count). The first-order valence-electron chi connectivity index (χ1n) is 8.21. The van der Waals surface area contributed by atoms with Gasteiger partial charge in [0.2, 0.25) is 0 Å². The van der Waals surface area contributed by atoms with Crippen molar-refractivity contribution >= 4 is 17.5 Å². The summed E-state index contributed by atoms with van der Waals surface area (Å²) in [6.07, 6.45) is 3.00. The van der Waals surface area contributed by atoms with E-state index in [4.69, 9.17) is 5.11 Å². The maximum Gasteiger partial charge on any atom is 0.272 e. The molecular formula is C20H17N3O4. The standard InChI is InChI=1S/C20H17N3O4/c1-13-10-16(6-8-19(13)23(26)27)20(25)9-7-17-11-18(22-21-17)15-4-2-14(12-24)3-5-15/h2-11,24H,12H2,1H3,(H,21,22)/b9-7+. The van der Waals surface area contributed by atoms with E-state index in [2.05, 4.69) is 10.2 Å². The second kappa shape index (κ2) is 7.76. The fourth-order valence-electron chi connectivity index (χ4n) is 2.63. The van der Waals surface area contributed by atoms with E-state index in [9.17, 15) is 14.9 Å². The Labute approximate surface area is 155 Å². The highest BCUT2D eigenvalue weighted by Crippen LogP contribution is 2.21. The predicted molar refractivity (Wildman–Crippen MR) is 101 cm³/mol. The summed E-state index contributed by atoms with van der Waals surface area (Å²) >= 11 is 0. The molecule has 0 fully saturated rings. The van der Waals surface area contributed by atoms with E-state index in [0.29, 0.717) is 16.8 Å². The second-order valence-corrected chi connectivity index (χ2v) is 6.02. The van der Waals surface area contributed by atoms with E-state index in [0.717, 1.165) is 16.8 Å². The molecule has 0 atom stereocenters. The number of benzene rings is 2. The number of allylic oxidation sites excluding steroid dienone is 1. The molecular weight excluding hydrogens is 346 g/mol. The monoisotopic (exact) mass is 363 g/mol.